The number of ether oxygens (including phenoxy) is 3. The SMILES string of the molecule is COc1cc(OC)c(-c2cc(F)cc(C(CC(=O)O)c3ncc(C)o3)c2)c(OC)c1. The third kappa shape index (κ3) is 4.37. The lowest BCUT2D eigenvalue weighted by molar-refractivity contribution is -0.137. The summed E-state index contributed by atoms with van der Waals surface area (Å²) in [7, 11) is 4.49. The van der Waals surface area contributed by atoms with E-state index in [2.05, 4.69) is 4.98 Å². The van der Waals surface area contributed by atoms with Crippen LogP contribution in [0.15, 0.2) is 40.9 Å². The van der Waals surface area contributed by atoms with Gasteiger partial charge in [0, 0.05) is 12.1 Å². The Morgan fingerprint density at radius 3 is 2.27 bits per heavy atom. The summed E-state index contributed by atoms with van der Waals surface area (Å²) in [6, 6.07) is 7.61. The minimum atomic E-state index is -1.05. The Balaban J connectivity index is 2.19. The first-order valence-electron chi connectivity index (χ1n) is 9.11. The summed E-state index contributed by atoms with van der Waals surface area (Å²) in [5.74, 6) is -0.254. The molecule has 1 N–H and O–H groups in total. The number of benzene rings is 2. The Kier molecular flexibility index (Phi) is 6.25. The van der Waals surface area contributed by atoms with Gasteiger partial charge in [-0.15, -0.1) is 0 Å². The van der Waals surface area contributed by atoms with Gasteiger partial charge in [-0.2, -0.15) is 0 Å². The van der Waals surface area contributed by atoms with Gasteiger partial charge in [0.15, 0.2) is 0 Å². The third-order valence-corrected chi connectivity index (χ3v) is 4.64. The van der Waals surface area contributed by atoms with Gasteiger partial charge in [0.1, 0.15) is 28.8 Å². The Morgan fingerprint density at radius 1 is 1.10 bits per heavy atom. The summed E-state index contributed by atoms with van der Waals surface area (Å²) >= 11 is 0. The van der Waals surface area contributed by atoms with E-state index in [4.69, 9.17) is 18.6 Å². The number of hydrogen-bond acceptors (Lipinski definition) is 6. The fourth-order valence-corrected chi connectivity index (χ4v) is 3.30. The largest absolute Gasteiger partial charge is 0.496 e. The maximum atomic E-state index is 14.6. The molecular formula is C22H22FNO6. The monoisotopic (exact) mass is 415 g/mol. The standard InChI is InChI=1S/C22H22FNO6/c1-12-11-24-22(30-12)17(10-20(25)26)13-5-14(7-15(23)6-13)21-18(28-3)8-16(27-2)9-19(21)29-4/h5-9,11,17H,10H2,1-4H3,(H,25,26). The van der Waals surface area contributed by atoms with Crippen LogP contribution in [0.5, 0.6) is 17.2 Å². The Bertz CT molecular complexity index is 1040. The quantitative estimate of drug-likeness (QED) is 0.582. The number of halogens is 1. The van der Waals surface area contributed by atoms with Crippen LogP contribution in [0.1, 0.15) is 29.6 Å². The number of oxazole rings is 1. The molecule has 1 atom stereocenters. The van der Waals surface area contributed by atoms with Crippen molar-refractivity contribution in [1.82, 2.24) is 4.98 Å². The number of carboxylic acids is 1. The molecule has 0 fully saturated rings. The fourth-order valence-electron chi connectivity index (χ4n) is 3.30. The molecule has 158 valence electrons. The Hall–Kier alpha value is -3.55. The number of aliphatic carboxylic acids is 1. The van der Waals surface area contributed by atoms with E-state index in [1.165, 1.54) is 39.7 Å². The highest BCUT2D eigenvalue weighted by Crippen LogP contribution is 2.43. The molecule has 0 spiro atoms. The highest BCUT2D eigenvalue weighted by atomic mass is 19.1. The van der Waals surface area contributed by atoms with Gasteiger partial charge in [0.05, 0.1) is 45.4 Å². The Morgan fingerprint density at radius 2 is 1.77 bits per heavy atom. The van der Waals surface area contributed by atoms with Crippen LogP contribution in [0.4, 0.5) is 4.39 Å². The lowest BCUT2D eigenvalue weighted by atomic mass is 9.91. The van der Waals surface area contributed by atoms with E-state index < -0.39 is 17.7 Å². The highest BCUT2D eigenvalue weighted by molar-refractivity contribution is 5.79. The van der Waals surface area contributed by atoms with Crippen LogP contribution >= 0.6 is 0 Å². The first-order chi connectivity index (χ1) is 14.4. The van der Waals surface area contributed by atoms with Crippen molar-refractivity contribution < 1.29 is 32.9 Å². The molecule has 1 heterocycles. The second kappa shape index (κ2) is 8.86. The number of carbonyl (C=O) groups is 1. The van der Waals surface area contributed by atoms with Gasteiger partial charge in [-0.25, -0.2) is 9.37 Å². The molecule has 0 amide bonds. The fraction of sp³-hybridized carbons (Fsp3) is 0.273. The number of rotatable bonds is 8. The zero-order chi connectivity index (χ0) is 21.8. The molecular weight excluding hydrogens is 393 g/mol. The summed E-state index contributed by atoms with van der Waals surface area (Å²) < 4.78 is 36.4. The lowest BCUT2D eigenvalue weighted by Gasteiger charge is -2.18. The number of hydrogen-bond donors (Lipinski definition) is 1. The summed E-state index contributed by atoms with van der Waals surface area (Å²) in [5.41, 5.74) is 1.38. The number of carboxylic acid groups (broad SMARTS) is 1. The number of aryl methyl sites for hydroxylation is 1. The molecule has 3 rings (SSSR count). The van der Waals surface area contributed by atoms with Crippen molar-refractivity contribution in [3.05, 3.63) is 59.6 Å². The molecule has 30 heavy (non-hydrogen) atoms. The van der Waals surface area contributed by atoms with Crippen LogP contribution < -0.4 is 14.2 Å². The number of aromatic nitrogens is 1. The molecule has 0 saturated heterocycles. The van der Waals surface area contributed by atoms with Crippen molar-refractivity contribution in [2.24, 2.45) is 0 Å². The molecule has 0 aliphatic carbocycles. The van der Waals surface area contributed by atoms with Gasteiger partial charge >= 0.3 is 5.97 Å². The second-order valence-electron chi connectivity index (χ2n) is 6.64. The van der Waals surface area contributed by atoms with Crippen LogP contribution in [-0.2, 0) is 4.79 Å². The maximum absolute atomic E-state index is 14.6. The molecule has 0 radical (unpaired) electrons. The molecule has 0 bridgehead atoms. The third-order valence-electron chi connectivity index (χ3n) is 4.64. The zero-order valence-electron chi connectivity index (χ0n) is 17.1. The normalized spacial score (nSPS) is 11.8. The number of nitrogens with zero attached hydrogens (tertiary/aromatic N) is 1. The van der Waals surface area contributed by atoms with Gasteiger partial charge in [-0.3, -0.25) is 4.79 Å². The second-order valence-corrected chi connectivity index (χ2v) is 6.64. The van der Waals surface area contributed by atoms with Crippen molar-refractivity contribution >= 4 is 5.97 Å². The van der Waals surface area contributed by atoms with Crippen LogP contribution in [0.3, 0.4) is 0 Å². The minimum Gasteiger partial charge on any atom is -0.496 e. The Labute approximate surface area is 173 Å². The van der Waals surface area contributed by atoms with Gasteiger partial charge in [-0.1, -0.05) is 0 Å². The van der Waals surface area contributed by atoms with E-state index in [1.807, 2.05) is 0 Å². The summed E-state index contributed by atoms with van der Waals surface area (Å²) in [4.78, 5) is 15.6. The molecule has 0 saturated carbocycles. The van der Waals surface area contributed by atoms with E-state index in [0.29, 0.717) is 39.7 Å². The van der Waals surface area contributed by atoms with E-state index in [9.17, 15) is 14.3 Å². The molecule has 1 unspecified atom stereocenters. The van der Waals surface area contributed by atoms with Crippen LogP contribution in [0.25, 0.3) is 11.1 Å². The van der Waals surface area contributed by atoms with Crippen molar-refractivity contribution in [3.63, 3.8) is 0 Å². The predicted octanol–water partition coefficient (Wildman–Crippen LogP) is 4.42. The summed E-state index contributed by atoms with van der Waals surface area (Å²) in [5, 5.41) is 9.37. The van der Waals surface area contributed by atoms with E-state index in [0.717, 1.165) is 0 Å². The van der Waals surface area contributed by atoms with Crippen molar-refractivity contribution in [3.8, 4) is 28.4 Å². The molecule has 7 nitrogen and oxygen atoms in total. The molecule has 8 heteroatoms. The first-order valence-corrected chi connectivity index (χ1v) is 9.11. The van der Waals surface area contributed by atoms with Gasteiger partial charge in [0.25, 0.3) is 0 Å². The average Bonchev–Trinajstić information content (AvgIpc) is 3.16. The highest BCUT2D eigenvalue weighted by Gasteiger charge is 2.25. The average molecular weight is 415 g/mol. The van der Waals surface area contributed by atoms with E-state index in [-0.39, 0.29) is 12.3 Å². The molecule has 3 aromatic rings. The molecule has 0 aliphatic rings. The van der Waals surface area contributed by atoms with Crippen LogP contribution in [0, 0.1) is 12.7 Å². The summed E-state index contributed by atoms with van der Waals surface area (Å²) in [6.07, 6.45) is 1.19. The maximum Gasteiger partial charge on any atom is 0.304 e. The van der Waals surface area contributed by atoms with Gasteiger partial charge < -0.3 is 23.7 Å². The van der Waals surface area contributed by atoms with Crippen LogP contribution in [-0.4, -0.2) is 37.4 Å². The predicted molar refractivity (Wildman–Crippen MR) is 107 cm³/mol. The van der Waals surface area contributed by atoms with Crippen molar-refractivity contribution in [2.45, 2.75) is 19.3 Å². The smallest absolute Gasteiger partial charge is 0.304 e. The van der Waals surface area contributed by atoms with Crippen molar-refractivity contribution in [1.29, 1.82) is 0 Å². The topological polar surface area (TPSA) is 91.0 Å². The summed E-state index contributed by atoms with van der Waals surface area (Å²) in [6.45, 7) is 1.71. The molecule has 1 aromatic heterocycles. The lowest BCUT2D eigenvalue weighted by Crippen LogP contribution is -2.09. The molecule has 2 aromatic carbocycles. The zero-order valence-corrected chi connectivity index (χ0v) is 17.1. The van der Waals surface area contributed by atoms with Gasteiger partial charge in [-0.05, 0) is 36.2 Å². The van der Waals surface area contributed by atoms with Crippen LogP contribution in [0.2, 0.25) is 0 Å². The number of methoxy groups -OCH3 is 3. The first kappa shape index (κ1) is 21.2. The van der Waals surface area contributed by atoms with E-state index >= 15 is 0 Å². The minimum absolute atomic E-state index is 0.208. The molecule has 0 aliphatic heterocycles. The van der Waals surface area contributed by atoms with E-state index in [1.54, 1.807) is 25.1 Å². The van der Waals surface area contributed by atoms with Crippen molar-refractivity contribution in [2.75, 3.05) is 21.3 Å². The van der Waals surface area contributed by atoms with Gasteiger partial charge in [0.2, 0.25) is 5.89 Å².